The summed E-state index contributed by atoms with van der Waals surface area (Å²) in [6.07, 6.45) is 0.817. The normalized spacial score (nSPS) is 21.2. The highest BCUT2D eigenvalue weighted by Crippen LogP contribution is 2.42. The van der Waals surface area contributed by atoms with E-state index >= 15 is 0 Å². The molecule has 1 N–H and O–H groups in total. The van der Waals surface area contributed by atoms with E-state index < -0.39 is 0 Å². The van der Waals surface area contributed by atoms with E-state index in [0.717, 1.165) is 56.2 Å². The zero-order chi connectivity index (χ0) is 18.7. The topological polar surface area (TPSA) is 54.4 Å². The Morgan fingerprint density at radius 3 is 2.73 bits per heavy atom. The first-order valence-electron chi connectivity index (χ1n) is 9.43. The number of rotatable bonds is 6. The molecule has 1 saturated heterocycles. The molecule has 2 aliphatic rings. The van der Waals surface area contributed by atoms with Crippen LogP contribution >= 0.6 is 0 Å². The molecular formula is C20H32N2O4. The molecule has 1 atom stereocenters. The summed E-state index contributed by atoms with van der Waals surface area (Å²) < 4.78 is 16.5. The average molecular weight is 364 g/mol. The molecule has 0 aliphatic carbocycles. The molecule has 0 spiro atoms. The van der Waals surface area contributed by atoms with Crippen molar-refractivity contribution in [3.05, 3.63) is 17.7 Å². The predicted molar refractivity (Wildman–Crippen MR) is 101 cm³/mol. The number of ether oxygens (including phenoxy) is 3. The second-order valence-corrected chi connectivity index (χ2v) is 8.46. The summed E-state index contributed by atoms with van der Waals surface area (Å²) in [4.78, 5) is 4.99. The fraction of sp³-hybridized carbons (Fsp3) is 0.700. The fourth-order valence-corrected chi connectivity index (χ4v) is 3.87. The molecule has 26 heavy (non-hydrogen) atoms. The molecule has 0 aromatic heterocycles. The summed E-state index contributed by atoms with van der Waals surface area (Å²) in [7, 11) is 1.66. The molecule has 0 bridgehead atoms. The van der Waals surface area contributed by atoms with Crippen molar-refractivity contribution < 1.29 is 19.3 Å². The third-order valence-corrected chi connectivity index (χ3v) is 4.95. The van der Waals surface area contributed by atoms with Crippen LogP contribution in [0.2, 0.25) is 0 Å². The quantitative estimate of drug-likeness (QED) is 0.836. The monoisotopic (exact) mass is 364 g/mol. The van der Waals surface area contributed by atoms with Gasteiger partial charge in [-0.05, 0) is 29.5 Å². The van der Waals surface area contributed by atoms with Crippen molar-refractivity contribution in [2.75, 3.05) is 46.7 Å². The number of hydrogen-bond donors (Lipinski definition) is 1. The highest BCUT2D eigenvalue weighted by atomic mass is 16.7. The lowest BCUT2D eigenvalue weighted by molar-refractivity contribution is 0.0339. The molecule has 2 aliphatic heterocycles. The Bertz CT molecular complexity index is 615. The van der Waals surface area contributed by atoms with E-state index in [-0.39, 0.29) is 18.8 Å². The summed E-state index contributed by atoms with van der Waals surface area (Å²) in [6, 6.07) is 4.48. The molecule has 1 aromatic carbocycles. The van der Waals surface area contributed by atoms with Gasteiger partial charge in [0.25, 0.3) is 0 Å². The summed E-state index contributed by atoms with van der Waals surface area (Å²) >= 11 is 0. The molecule has 1 fully saturated rings. The summed E-state index contributed by atoms with van der Waals surface area (Å²) in [6.45, 7) is 12.2. The van der Waals surface area contributed by atoms with Crippen LogP contribution in [0.4, 0.5) is 0 Å². The SMILES string of the molecule is COc1cc(CN2CCN(CC(C)(C)C)[C@@H](CCO)C2)cc2c1OCO2. The fourth-order valence-electron chi connectivity index (χ4n) is 3.87. The summed E-state index contributed by atoms with van der Waals surface area (Å²) in [5.41, 5.74) is 1.43. The van der Waals surface area contributed by atoms with Crippen LogP contribution in [0, 0.1) is 5.41 Å². The molecule has 146 valence electrons. The van der Waals surface area contributed by atoms with Gasteiger partial charge in [0.2, 0.25) is 12.5 Å². The van der Waals surface area contributed by atoms with Crippen molar-refractivity contribution >= 4 is 0 Å². The van der Waals surface area contributed by atoms with Gasteiger partial charge >= 0.3 is 0 Å². The highest BCUT2D eigenvalue weighted by Gasteiger charge is 2.30. The predicted octanol–water partition coefficient (Wildman–Crippen LogP) is 2.34. The Kier molecular flexibility index (Phi) is 5.95. The van der Waals surface area contributed by atoms with E-state index in [1.54, 1.807) is 7.11 Å². The average Bonchev–Trinajstić information content (AvgIpc) is 3.04. The molecule has 3 rings (SSSR count). The van der Waals surface area contributed by atoms with E-state index in [1.807, 2.05) is 12.1 Å². The largest absolute Gasteiger partial charge is 0.493 e. The first-order valence-corrected chi connectivity index (χ1v) is 9.43. The van der Waals surface area contributed by atoms with Crippen LogP contribution in [-0.2, 0) is 6.54 Å². The number of hydrogen-bond acceptors (Lipinski definition) is 6. The van der Waals surface area contributed by atoms with Gasteiger partial charge in [0.05, 0.1) is 7.11 Å². The van der Waals surface area contributed by atoms with Crippen LogP contribution in [-0.4, -0.2) is 67.6 Å². The van der Waals surface area contributed by atoms with Crippen LogP contribution in [0.25, 0.3) is 0 Å². The zero-order valence-corrected chi connectivity index (χ0v) is 16.5. The zero-order valence-electron chi connectivity index (χ0n) is 16.5. The second kappa shape index (κ2) is 8.03. The van der Waals surface area contributed by atoms with Gasteiger partial charge in [-0.2, -0.15) is 0 Å². The van der Waals surface area contributed by atoms with Crippen LogP contribution in [0.3, 0.4) is 0 Å². The van der Waals surface area contributed by atoms with Crippen LogP contribution in [0.15, 0.2) is 12.1 Å². The molecule has 0 unspecified atom stereocenters. The number of piperazine rings is 1. The maximum atomic E-state index is 9.49. The molecule has 2 heterocycles. The van der Waals surface area contributed by atoms with Gasteiger partial charge in [-0.15, -0.1) is 0 Å². The van der Waals surface area contributed by atoms with Crippen LogP contribution in [0.1, 0.15) is 32.8 Å². The van der Waals surface area contributed by atoms with E-state index in [0.29, 0.717) is 11.8 Å². The third-order valence-electron chi connectivity index (χ3n) is 4.95. The van der Waals surface area contributed by atoms with E-state index in [2.05, 4.69) is 30.6 Å². The van der Waals surface area contributed by atoms with E-state index in [1.165, 1.54) is 0 Å². The Morgan fingerprint density at radius 2 is 2.04 bits per heavy atom. The summed E-state index contributed by atoms with van der Waals surface area (Å²) in [5.74, 6) is 2.19. The Hall–Kier alpha value is -1.50. The van der Waals surface area contributed by atoms with E-state index in [4.69, 9.17) is 14.2 Å². The van der Waals surface area contributed by atoms with Crippen molar-refractivity contribution in [1.82, 2.24) is 9.80 Å². The Balaban J connectivity index is 1.68. The van der Waals surface area contributed by atoms with Crippen molar-refractivity contribution in [3.63, 3.8) is 0 Å². The standard InChI is InChI=1S/C20H32N2O4/c1-20(2,3)13-22-7-6-21(12-16(22)5-8-23)11-15-9-17(24-4)19-18(10-15)25-14-26-19/h9-10,16,23H,5-8,11-14H2,1-4H3/t16-/m0/s1. The van der Waals surface area contributed by atoms with Crippen molar-refractivity contribution in [1.29, 1.82) is 0 Å². The van der Waals surface area contributed by atoms with Gasteiger partial charge in [0, 0.05) is 45.4 Å². The van der Waals surface area contributed by atoms with Gasteiger partial charge in [-0.3, -0.25) is 9.80 Å². The minimum absolute atomic E-state index is 0.233. The minimum Gasteiger partial charge on any atom is -0.493 e. The molecule has 0 radical (unpaired) electrons. The number of nitrogens with zero attached hydrogens (tertiary/aromatic N) is 2. The second-order valence-electron chi connectivity index (χ2n) is 8.46. The first-order chi connectivity index (χ1) is 12.4. The Morgan fingerprint density at radius 1 is 1.23 bits per heavy atom. The number of benzene rings is 1. The van der Waals surface area contributed by atoms with Crippen molar-refractivity contribution in [2.24, 2.45) is 5.41 Å². The number of aliphatic hydroxyl groups excluding tert-OH is 1. The van der Waals surface area contributed by atoms with Crippen molar-refractivity contribution in [2.45, 2.75) is 39.8 Å². The van der Waals surface area contributed by atoms with Crippen LogP contribution < -0.4 is 14.2 Å². The maximum absolute atomic E-state index is 9.49. The van der Waals surface area contributed by atoms with Gasteiger partial charge in [0.1, 0.15) is 0 Å². The molecule has 6 heteroatoms. The lowest BCUT2D eigenvalue weighted by atomic mass is 9.94. The molecular weight excluding hydrogens is 332 g/mol. The van der Waals surface area contributed by atoms with Crippen molar-refractivity contribution in [3.8, 4) is 17.2 Å². The molecule has 6 nitrogen and oxygen atoms in total. The molecule has 1 aromatic rings. The first kappa shape index (κ1) is 19.3. The lowest BCUT2D eigenvalue weighted by Gasteiger charge is -2.44. The summed E-state index contributed by atoms with van der Waals surface area (Å²) in [5, 5.41) is 9.49. The third kappa shape index (κ3) is 4.61. The highest BCUT2D eigenvalue weighted by molar-refractivity contribution is 5.55. The Labute approximate surface area is 156 Å². The van der Waals surface area contributed by atoms with Crippen LogP contribution in [0.5, 0.6) is 17.2 Å². The smallest absolute Gasteiger partial charge is 0.231 e. The maximum Gasteiger partial charge on any atom is 0.231 e. The lowest BCUT2D eigenvalue weighted by Crippen LogP contribution is -2.54. The van der Waals surface area contributed by atoms with E-state index in [9.17, 15) is 5.11 Å². The van der Waals surface area contributed by atoms with Gasteiger partial charge in [-0.25, -0.2) is 0 Å². The molecule has 0 amide bonds. The van der Waals surface area contributed by atoms with Gasteiger partial charge in [-0.1, -0.05) is 20.8 Å². The number of fused-ring (bicyclic) bond motifs is 1. The van der Waals surface area contributed by atoms with Gasteiger partial charge in [0.15, 0.2) is 11.5 Å². The van der Waals surface area contributed by atoms with Gasteiger partial charge < -0.3 is 19.3 Å². The number of aliphatic hydroxyl groups is 1. The minimum atomic E-state index is 0.233. The molecule has 0 saturated carbocycles. The number of methoxy groups -OCH3 is 1.